The Morgan fingerprint density at radius 1 is 1.19 bits per heavy atom. The fourth-order valence-electron chi connectivity index (χ4n) is 2.90. The van der Waals surface area contributed by atoms with Crippen molar-refractivity contribution in [2.75, 3.05) is 19.8 Å². The lowest BCUT2D eigenvalue weighted by molar-refractivity contribution is -0.130. The molecule has 1 amide bonds. The van der Waals surface area contributed by atoms with Gasteiger partial charge in [0.25, 0.3) is 0 Å². The second-order valence-electron chi connectivity index (χ2n) is 6.17. The molecule has 0 atom stereocenters. The van der Waals surface area contributed by atoms with E-state index in [0.29, 0.717) is 42.8 Å². The van der Waals surface area contributed by atoms with Crippen LogP contribution in [0, 0.1) is 5.82 Å². The van der Waals surface area contributed by atoms with E-state index in [4.69, 9.17) is 21.1 Å². The molecule has 138 valence electrons. The number of hydrogen-bond donors (Lipinski definition) is 0. The van der Waals surface area contributed by atoms with Crippen molar-refractivity contribution >= 4 is 17.5 Å². The number of ether oxygens (including phenoxy) is 2. The Labute approximate surface area is 157 Å². The first-order chi connectivity index (χ1) is 12.6. The molecule has 1 heterocycles. The Balaban J connectivity index is 1.73. The summed E-state index contributed by atoms with van der Waals surface area (Å²) < 4.78 is 24.6. The van der Waals surface area contributed by atoms with Gasteiger partial charge < -0.3 is 14.4 Å². The van der Waals surface area contributed by atoms with Crippen LogP contribution in [0.3, 0.4) is 0 Å². The van der Waals surface area contributed by atoms with Gasteiger partial charge in [-0.05, 0) is 42.3 Å². The van der Waals surface area contributed by atoms with Crippen LogP contribution in [-0.2, 0) is 17.8 Å². The fourth-order valence-corrected chi connectivity index (χ4v) is 3.19. The predicted molar refractivity (Wildman–Crippen MR) is 98.3 cm³/mol. The number of fused-ring (bicyclic) bond motifs is 1. The first-order valence-electron chi connectivity index (χ1n) is 8.67. The van der Waals surface area contributed by atoms with E-state index in [1.807, 2.05) is 13.0 Å². The van der Waals surface area contributed by atoms with Crippen molar-refractivity contribution in [1.82, 2.24) is 4.90 Å². The SMILES string of the molecule is CCN(Cc1cccc(F)c1)C(=O)Cc1cc(Cl)c2c(c1)OCCCO2. The summed E-state index contributed by atoms with van der Waals surface area (Å²) in [5, 5.41) is 0.445. The summed E-state index contributed by atoms with van der Waals surface area (Å²) >= 11 is 6.29. The van der Waals surface area contributed by atoms with Gasteiger partial charge in [-0.15, -0.1) is 0 Å². The molecule has 26 heavy (non-hydrogen) atoms. The topological polar surface area (TPSA) is 38.8 Å². The summed E-state index contributed by atoms with van der Waals surface area (Å²) in [6.07, 6.45) is 0.982. The standard InChI is InChI=1S/C20H21ClFNO3/c1-2-23(13-14-5-3-6-16(22)9-14)19(24)12-15-10-17(21)20-18(11-15)25-7-4-8-26-20/h3,5-6,9-11H,2,4,7-8,12-13H2,1H3. The van der Waals surface area contributed by atoms with Crippen LogP contribution in [0.15, 0.2) is 36.4 Å². The molecule has 4 nitrogen and oxygen atoms in total. The highest BCUT2D eigenvalue weighted by Crippen LogP contribution is 2.38. The Hall–Kier alpha value is -2.27. The van der Waals surface area contributed by atoms with Gasteiger partial charge in [0.1, 0.15) is 5.82 Å². The zero-order chi connectivity index (χ0) is 18.5. The molecular weight excluding hydrogens is 357 g/mol. The van der Waals surface area contributed by atoms with Crippen LogP contribution in [0.4, 0.5) is 4.39 Å². The van der Waals surface area contributed by atoms with Gasteiger partial charge >= 0.3 is 0 Å². The number of carbonyl (C=O) groups excluding carboxylic acids is 1. The summed E-state index contributed by atoms with van der Waals surface area (Å²) in [4.78, 5) is 14.4. The van der Waals surface area contributed by atoms with Gasteiger partial charge in [0.2, 0.25) is 5.91 Å². The maximum absolute atomic E-state index is 13.4. The summed E-state index contributed by atoms with van der Waals surface area (Å²) in [6.45, 7) is 3.92. The van der Waals surface area contributed by atoms with Gasteiger partial charge in [-0.25, -0.2) is 4.39 Å². The normalized spacial score (nSPS) is 13.2. The lowest BCUT2D eigenvalue weighted by Gasteiger charge is -2.21. The minimum absolute atomic E-state index is 0.0534. The van der Waals surface area contributed by atoms with Crippen molar-refractivity contribution in [3.8, 4) is 11.5 Å². The third kappa shape index (κ3) is 4.47. The van der Waals surface area contributed by atoms with Crippen molar-refractivity contribution in [3.05, 3.63) is 58.4 Å². The summed E-state index contributed by atoms with van der Waals surface area (Å²) in [5.41, 5.74) is 1.53. The van der Waals surface area contributed by atoms with E-state index in [1.165, 1.54) is 12.1 Å². The van der Waals surface area contributed by atoms with E-state index >= 15 is 0 Å². The second kappa shape index (κ2) is 8.41. The highest BCUT2D eigenvalue weighted by molar-refractivity contribution is 6.32. The number of benzene rings is 2. The van der Waals surface area contributed by atoms with Crippen LogP contribution >= 0.6 is 11.6 Å². The molecule has 1 aliphatic rings. The Morgan fingerprint density at radius 3 is 2.77 bits per heavy atom. The molecule has 0 fully saturated rings. The van der Waals surface area contributed by atoms with E-state index in [1.54, 1.807) is 23.1 Å². The molecule has 0 radical (unpaired) electrons. The summed E-state index contributed by atoms with van der Waals surface area (Å²) in [7, 11) is 0. The van der Waals surface area contributed by atoms with Gasteiger partial charge in [0.15, 0.2) is 11.5 Å². The van der Waals surface area contributed by atoms with Crippen molar-refractivity contribution in [1.29, 1.82) is 0 Å². The number of likely N-dealkylation sites (N-methyl/N-ethyl adjacent to an activating group) is 1. The van der Waals surface area contributed by atoms with Crippen LogP contribution in [0.1, 0.15) is 24.5 Å². The molecule has 0 spiro atoms. The minimum atomic E-state index is -0.305. The van der Waals surface area contributed by atoms with E-state index in [2.05, 4.69) is 0 Å². The number of carbonyl (C=O) groups is 1. The lowest BCUT2D eigenvalue weighted by Crippen LogP contribution is -2.31. The molecule has 0 aliphatic carbocycles. The van der Waals surface area contributed by atoms with Crippen molar-refractivity contribution in [3.63, 3.8) is 0 Å². The predicted octanol–water partition coefficient (Wildman–Crippen LogP) is 4.23. The Bertz CT molecular complexity index is 797. The number of rotatable bonds is 5. The third-order valence-corrected chi connectivity index (χ3v) is 4.49. The third-order valence-electron chi connectivity index (χ3n) is 4.21. The summed E-state index contributed by atoms with van der Waals surface area (Å²) in [6, 6.07) is 9.83. The fraction of sp³-hybridized carbons (Fsp3) is 0.350. The number of hydrogen-bond acceptors (Lipinski definition) is 3. The van der Waals surface area contributed by atoms with Crippen molar-refractivity contribution < 1.29 is 18.7 Å². The maximum atomic E-state index is 13.4. The molecule has 6 heteroatoms. The summed E-state index contributed by atoms with van der Waals surface area (Å²) in [5.74, 6) is 0.751. The molecule has 0 saturated heterocycles. The van der Waals surface area contributed by atoms with Crippen LogP contribution in [0.5, 0.6) is 11.5 Å². The van der Waals surface area contributed by atoms with Gasteiger partial charge in [-0.3, -0.25) is 4.79 Å². The van der Waals surface area contributed by atoms with E-state index < -0.39 is 0 Å². The van der Waals surface area contributed by atoms with Crippen molar-refractivity contribution in [2.24, 2.45) is 0 Å². The van der Waals surface area contributed by atoms with Gasteiger partial charge in [0.05, 0.1) is 24.7 Å². The minimum Gasteiger partial charge on any atom is -0.489 e. The van der Waals surface area contributed by atoms with Crippen molar-refractivity contribution in [2.45, 2.75) is 26.3 Å². The highest BCUT2D eigenvalue weighted by Gasteiger charge is 2.19. The van der Waals surface area contributed by atoms with Crippen LogP contribution in [-0.4, -0.2) is 30.6 Å². The molecule has 0 unspecified atom stereocenters. The van der Waals surface area contributed by atoms with Gasteiger partial charge in [0, 0.05) is 19.5 Å². The van der Waals surface area contributed by atoms with Gasteiger partial charge in [-0.2, -0.15) is 0 Å². The van der Waals surface area contributed by atoms with Gasteiger partial charge in [-0.1, -0.05) is 23.7 Å². The highest BCUT2D eigenvalue weighted by atomic mass is 35.5. The molecule has 1 aliphatic heterocycles. The smallest absolute Gasteiger partial charge is 0.227 e. The quantitative estimate of drug-likeness (QED) is 0.782. The monoisotopic (exact) mass is 377 g/mol. The van der Waals surface area contributed by atoms with E-state index in [0.717, 1.165) is 17.5 Å². The molecule has 0 bridgehead atoms. The second-order valence-corrected chi connectivity index (χ2v) is 6.58. The largest absolute Gasteiger partial charge is 0.489 e. The number of nitrogens with zero attached hydrogens (tertiary/aromatic N) is 1. The molecule has 0 saturated carbocycles. The lowest BCUT2D eigenvalue weighted by atomic mass is 10.1. The molecule has 0 aromatic heterocycles. The average Bonchev–Trinajstić information content (AvgIpc) is 2.85. The van der Waals surface area contributed by atoms with Crippen LogP contribution < -0.4 is 9.47 Å². The Kier molecular flexibility index (Phi) is 5.99. The van der Waals surface area contributed by atoms with E-state index in [9.17, 15) is 9.18 Å². The van der Waals surface area contributed by atoms with Crippen LogP contribution in [0.2, 0.25) is 5.02 Å². The van der Waals surface area contributed by atoms with E-state index in [-0.39, 0.29) is 18.1 Å². The molecule has 2 aromatic carbocycles. The Morgan fingerprint density at radius 2 is 2.00 bits per heavy atom. The number of amides is 1. The first kappa shape index (κ1) is 18.5. The van der Waals surface area contributed by atoms with Crippen LogP contribution in [0.25, 0.3) is 0 Å². The molecule has 0 N–H and O–H groups in total. The zero-order valence-electron chi connectivity index (χ0n) is 14.6. The maximum Gasteiger partial charge on any atom is 0.227 e. The number of halogens is 2. The first-order valence-corrected chi connectivity index (χ1v) is 9.05. The zero-order valence-corrected chi connectivity index (χ0v) is 15.4. The molecule has 2 aromatic rings. The molecular formula is C20H21ClFNO3. The average molecular weight is 378 g/mol. The molecule has 3 rings (SSSR count).